The minimum absolute atomic E-state index is 0.294. The number of hydrogen-bond acceptors (Lipinski definition) is 3. The summed E-state index contributed by atoms with van der Waals surface area (Å²) in [6, 6.07) is 5.02. The molecular weight excluding hydrogens is 194 g/mol. The van der Waals surface area contributed by atoms with Crippen LogP contribution in [0.5, 0.6) is 5.75 Å². The van der Waals surface area contributed by atoms with E-state index in [1.807, 2.05) is 0 Å². The van der Waals surface area contributed by atoms with E-state index in [4.69, 9.17) is 15.6 Å². The van der Waals surface area contributed by atoms with E-state index in [0.717, 1.165) is 12.0 Å². The molecular formula is C11H15NO3. The molecule has 1 aromatic rings. The maximum atomic E-state index is 11.0. The van der Waals surface area contributed by atoms with Crippen LogP contribution >= 0.6 is 0 Å². The number of nitrogens with two attached hydrogens (primary N) is 1. The van der Waals surface area contributed by atoms with Crippen molar-refractivity contribution in [2.45, 2.75) is 12.8 Å². The van der Waals surface area contributed by atoms with Gasteiger partial charge in [-0.25, -0.2) is 4.79 Å². The van der Waals surface area contributed by atoms with Gasteiger partial charge < -0.3 is 15.6 Å². The summed E-state index contributed by atoms with van der Waals surface area (Å²) in [6.07, 6.45) is 1.38. The van der Waals surface area contributed by atoms with Crippen LogP contribution in [0.25, 0.3) is 0 Å². The first-order chi connectivity index (χ1) is 7.20. The number of methoxy groups -OCH3 is 1. The van der Waals surface area contributed by atoms with Gasteiger partial charge in [-0.3, -0.25) is 0 Å². The molecule has 1 rings (SSSR count). The Labute approximate surface area is 88.7 Å². The summed E-state index contributed by atoms with van der Waals surface area (Å²) in [5.41, 5.74) is 6.42. The van der Waals surface area contributed by atoms with Gasteiger partial charge in [0.2, 0.25) is 0 Å². The molecule has 0 amide bonds. The fourth-order valence-corrected chi connectivity index (χ4v) is 1.49. The van der Waals surface area contributed by atoms with Crippen molar-refractivity contribution in [3.05, 3.63) is 29.3 Å². The Hall–Kier alpha value is -1.55. The van der Waals surface area contributed by atoms with E-state index in [9.17, 15) is 4.79 Å². The molecule has 1 aromatic carbocycles. The molecule has 15 heavy (non-hydrogen) atoms. The van der Waals surface area contributed by atoms with Crippen molar-refractivity contribution in [1.29, 1.82) is 0 Å². The van der Waals surface area contributed by atoms with Gasteiger partial charge in [0.15, 0.2) is 0 Å². The minimum atomic E-state index is -0.930. The average molecular weight is 209 g/mol. The predicted molar refractivity (Wildman–Crippen MR) is 57.3 cm³/mol. The van der Waals surface area contributed by atoms with Gasteiger partial charge in [0.1, 0.15) is 5.75 Å². The van der Waals surface area contributed by atoms with Crippen LogP contribution in [0, 0.1) is 0 Å². The molecule has 82 valence electrons. The van der Waals surface area contributed by atoms with E-state index in [0.29, 0.717) is 24.3 Å². The third-order valence-corrected chi connectivity index (χ3v) is 2.21. The second-order valence-corrected chi connectivity index (χ2v) is 3.18. The van der Waals surface area contributed by atoms with Gasteiger partial charge >= 0.3 is 5.97 Å². The fraction of sp³-hybridized carbons (Fsp3) is 0.364. The van der Waals surface area contributed by atoms with Gasteiger partial charge in [-0.15, -0.1) is 0 Å². The second kappa shape index (κ2) is 5.36. The van der Waals surface area contributed by atoms with E-state index in [1.54, 1.807) is 18.2 Å². The van der Waals surface area contributed by atoms with Crippen LogP contribution < -0.4 is 10.5 Å². The molecule has 4 heteroatoms. The van der Waals surface area contributed by atoms with E-state index in [2.05, 4.69) is 0 Å². The summed E-state index contributed by atoms with van der Waals surface area (Å²) >= 11 is 0. The summed E-state index contributed by atoms with van der Waals surface area (Å²) in [7, 11) is 1.53. The zero-order chi connectivity index (χ0) is 11.3. The van der Waals surface area contributed by atoms with Gasteiger partial charge in [-0.1, -0.05) is 6.07 Å². The highest BCUT2D eigenvalue weighted by molar-refractivity contribution is 5.90. The zero-order valence-corrected chi connectivity index (χ0v) is 8.69. The van der Waals surface area contributed by atoms with Crippen molar-refractivity contribution in [3.63, 3.8) is 0 Å². The minimum Gasteiger partial charge on any atom is -0.496 e. The molecule has 3 N–H and O–H groups in total. The molecule has 4 nitrogen and oxygen atoms in total. The lowest BCUT2D eigenvalue weighted by Gasteiger charge is -2.10. The third kappa shape index (κ3) is 2.70. The molecule has 0 aliphatic heterocycles. The summed E-state index contributed by atoms with van der Waals surface area (Å²) < 4.78 is 5.13. The largest absolute Gasteiger partial charge is 0.496 e. The first-order valence-corrected chi connectivity index (χ1v) is 4.80. The van der Waals surface area contributed by atoms with Gasteiger partial charge in [-0.05, 0) is 31.5 Å². The number of rotatable bonds is 5. The van der Waals surface area contributed by atoms with Crippen molar-refractivity contribution in [2.24, 2.45) is 5.73 Å². The molecule has 0 unspecified atom stereocenters. The van der Waals surface area contributed by atoms with Crippen molar-refractivity contribution in [1.82, 2.24) is 0 Å². The molecule has 0 aromatic heterocycles. The summed E-state index contributed by atoms with van der Waals surface area (Å²) in [5.74, 6) is -0.315. The number of carbonyl (C=O) groups is 1. The maximum Gasteiger partial charge on any atom is 0.336 e. The van der Waals surface area contributed by atoms with Crippen molar-refractivity contribution in [2.75, 3.05) is 13.7 Å². The molecule has 0 saturated heterocycles. The van der Waals surface area contributed by atoms with Crippen LogP contribution in [0.3, 0.4) is 0 Å². The maximum absolute atomic E-state index is 11.0. The van der Waals surface area contributed by atoms with E-state index >= 15 is 0 Å². The Morgan fingerprint density at radius 3 is 2.80 bits per heavy atom. The Morgan fingerprint density at radius 2 is 2.27 bits per heavy atom. The standard InChI is InChI=1S/C11H15NO3/c1-15-10-6-2-4-9(11(13)14)8(10)5-3-7-12/h2,4,6H,3,5,7,12H2,1H3,(H,13,14). The monoisotopic (exact) mass is 209 g/mol. The Bertz CT molecular complexity index is 350. The highest BCUT2D eigenvalue weighted by atomic mass is 16.5. The molecule has 0 aliphatic carbocycles. The molecule has 0 spiro atoms. The van der Waals surface area contributed by atoms with Crippen molar-refractivity contribution < 1.29 is 14.6 Å². The number of carboxylic acids is 1. The Balaban J connectivity index is 3.08. The first kappa shape index (κ1) is 11.5. The number of ether oxygens (including phenoxy) is 1. The van der Waals surface area contributed by atoms with Crippen LogP contribution in [0.1, 0.15) is 22.3 Å². The van der Waals surface area contributed by atoms with Crippen molar-refractivity contribution >= 4 is 5.97 Å². The highest BCUT2D eigenvalue weighted by Gasteiger charge is 2.13. The Kier molecular flexibility index (Phi) is 4.12. The summed E-state index contributed by atoms with van der Waals surface area (Å²) in [4.78, 5) is 11.0. The lowest BCUT2D eigenvalue weighted by Crippen LogP contribution is -2.07. The number of hydrogen-bond donors (Lipinski definition) is 2. The first-order valence-electron chi connectivity index (χ1n) is 4.80. The molecule has 0 atom stereocenters. The number of aromatic carboxylic acids is 1. The Morgan fingerprint density at radius 1 is 1.53 bits per heavy atom. The van der Waals surface area contributed by atoms with Crippen LogP contribution in [-0.2, 0) is 6.42 Å². The van der Waals surface area contributed by atoms with E-state index in [-0.39, 0.29) is 0 Å². The molecule has 0 bridgehead atoms. The molecule has 0 heterocycles. The van der Waals surface area contributed by atoms with E-state index < -0.39 is 5.97 Å². The van der Waals surface area contributed by atoms with Crippen LogP contribution in [0.4, 0.5) is 0 Å². The normalized spacial score (nSPS) is 10.0. The van der Waals surface area contributed by atoms with Gasteiger partial charge in [-0.2, -0.15) is 0 Å². The lowest BCUT2D eigenvalue weighted by atomic mass is 10.0. The van der Waals surface area contributed by atoms with E-state index in [1.165, 1.54) is 7.11 Å². The molecule has 0 fully saturated rings. The van der Waals surface area contributed by atoms with Gasteiger partial charge in [0, 0.05) is 5.56 Å². The number of benzene rings is 1. The zero-order valence-electron chi connectivity index (χ0n) is 8.69. The SMILES string of the molecule is COc1cccc(C(=O)O)c1CCCN. The van der Waals surface area contributed by atoms with Gasteiger partial charge in [0.25, 0.3) is 0 Å². The summed E-state index contributed by atoms with van der Waals surface area (Å²) in [5, 5.41) is 9.00. The highest BCUT2D eigenvalue weighted by Crippen LogP contribution is 2.23. The topological polar surface area (TPSA) is 72.5 Å². The third-order valence-electron chi connectivity index (χ3n) is 2.21. The molecule has 0 aliphatic rings. The van der Waals surface area contributed by atoms with Gasteiger partial charge in [0.05, 0.1) is 12.7 Å². The molecule has 0 saturated carbocycles. The number of carboxylic acid groups (broad SMARTS) is 1. The average Bonchev–Trinajstić information content (AvgIpc) is 2.25. The molecule has 0 radical (unpaired) electrons. The predicted octanol–water partition coefficient (Wildman–Crippen LogP) is 1.28. The van der Waals surface area contributed by atoms with Crippen LogP contribution in [0.15, 0.2) is 18.2 Å². The van der Waals surface area contributed by atoms with Crippen LogP contribution in [0.2, 0.25) is 0 Å². The summed E-state index contributed by atoms with van der Waals surface area (Å²) in [6.45, 7) is 0.539. The lowest BCUT2D eigenvalue weighted by molar-refractivity contribution is 0.0695. The smallest absolute Gasteiger partial charge is 0.336 e. The van der Waals surface area contributed by atoms with Crippen molar-refractivity contribution in [3.8, 4) is 5.75 Å². The quantitative estimate of drug-likeness (QED) is 0.766. The second-order valence-electron chi connectivity index (χ2n) is 3.18. The fourth-order valence-electron chi connectivity index (χ4n) is 1.49. The van der Waals surface area contributed by atoms with Crippen LogP contribution in [-0.4, -0.2) is 24.7 Å².